The van der Waals surface area contributed by atoms with Gasteiger partial charge in [0.15, 0.2) is 0 Å². The van der Waals surface area contributed by atoms with E-state index >= 15 is 0 Å². The van der Waals surface area contributed by atoms with E-state index in [4.69, 9.17) is 9.47 Å². The lowest BCUT2D eigenvalue weighted by Crippen LogP contribution is -2.47. The Kier molecular flexibility index (Phi) is 7.55. The largest absolute Gasteiger partial charge is 0.460 e. The van der Waals surface area contributed by atoms with Crippen molar-refractivity contribution in [2.24, 2.45) is 10.2 Å². The number of hydrazone groups is 2. The molecule has 1 heterocycles. The zero-order chi connectivity index (χ0) is 26.7. The molecule has 0 aromatic heterocycles. The van der Waals surface area contributed by atoms with Gasteiger partial charge in [-0.1, -0.05) is 12.1 Å². The summed E-state index contributed by atoms with van der Waals surface area (Å²) in [6.45, 7) is 2.58. The highest BCUT2D eigenvalue weighted by Crippen LogP contribution is 2.34. The molecule has 2 aromatic rings. The summed E-state index contributed by atoms with van der Waals surface area (Å²) in [7, 11) is 0. The first kappa shape index (κ1) is 26.5. The van der Waals surface area contributed by atoms with Crippen molar-refractivity contribution in [2.45, 2.75) is 26.2 Å². The van der Waals surface area contributed by atoms with Crippen LogP contribution in [0, 0.1) is 0 Å². The molecule has 0 atom stereocenters. The average molecular weight is 516 g/mol. The van der Waals surface area contributed by atoms with Crippen LogP contribution in [0.15, 0.2) is 58.7 Å². The summed E-state index contributed by atoms with van der Waals surface area (Å²) in [6, 6.07) is 7.27. The summed E-state index contributed by atoms with van der Waals surface area (Å²) < 4.78 is 89.5. The highest BCUT2D eigenvalue weighted by molar-refractivity contribution is 6.47. The van der Waals surface area contributed by atoms with Gasteiger partial charge in [0.1, 0.15) is 0 Å². The Hall–Kier alpha value is -4.10. The molecule has 36 heavy (non-hydrogen) atoms. The van der Waals surface area contributed by atoms with Crippen molar-refractivity contribution in [3.8, 4) is 0 Å². The predicted molar refractivity (Wildman–Crippen MR) is 116 cm³/mol. The average Bonchev–Trinajstić information content (AvgIpc) is 2.82. The Bertz CT molecular complexity index is 1120. The molecule has 0 saturated carbocycles. The van der Waals surface area contributed by atoms with Gasteiger partial charge in [0.05, 0.1) is 35.7 Å². The Morgan fingerprint density at radius 1 is 0.722 bits per heavy atom. The molecule has 0 saturated heterocycles. The van der Waals surface area contributed by atoms with E-state index in [0.717, 1.165) is 36.4 Å². The lowest BCUT2D eigenvalue weighted by Gasteiger charge is -2.30. The molecule has 192 valence electrons. The number of hydrogen-bond acceptors (Lipinski definition) is 8. The molecular formula is C22H18F6N4O4. The molecule has 0 N–H and O–H groups in total. The van der Waals surface area contributed by atoms with Gasteiger partial charge < -0.3 is 9.47 Å². The lowest BCUT2D eigenvalue weighted by atomic mass is 10.2. The monoisotopic (exact) mass is 516 g/mol. The number of esters is 2. The fourth-order valence-electron chi connectivity index (χ4n) is 3.00. The molecule has 1 aliphatic heterocycles. The number of benzene rings is 2. The van der Waals surface area contributed by atoms with Crippen molar-refractivity contribution in [3.05, 3.63) is 59.7 Å². The molecule has 0 fully saturated rings. The topological polar surface area (TPSA) is 83.8 Å². The van der Waals surface area contributed by atoms with Crippen LogP contribution >= 0.6 is 0 Å². The predicted octanol–water partition coefficient (Wildman–Crippen LogP) is 4.80. The van der Waals surface area contributed by atoms with Crippen LogP contribution in [0.5, 0.6) is 0 Å². The van der Waals surface area contributed by atoms with E-state index < -0.39 is 47.1 Å². The van der Waals surface area contributed by atoms with Gasteiger partial charge in [-0.2, -0.15) is 26.3 Å². The summed E-state index contributed by atoms with van der Waals surface area (Å²) in [4.78, 5) is 25.3. The summed E-state index contributed by atoms with van der Waals surface area (Å²) >= 11 is 0. The molecule has 0 unspecified atom stereocenters. The number of amidine groups is 2. The van der Waals surface area contributed by atoms with Crippen LogP contribution in [-0.4, -0.2) is 36.8 Å². The van der Waals surface area contributed by atoms with Crippen LogP contribution in [0.3, 0.4) is 0 Å². The number of alkyl halides is 6. The molecular weight excluding hydrogens is 498 g/mol. The zero-order valence-electron chi connectivity index (χ0n) is 18.7. The van der Waals surface area contributed by atoms with Gasteiger partial charge in [0.2, 0.25) is 0 Å². The van der Waals surface area contributed by atoms with E-state index in [1.165, 1.54) is 13.8 Å². The highest BCUT2D eigenvalue weighted by Gasteiger charge is 2.38. The van der Waals surface area contributed by atoms with Crippen molar-refractivity contribution in [1.82, 2.24) is 0 Å². The zero-order valence-corrected chi connectivity index (χ0v) is 18.7. The lowest BCUT2D eigenvalue weighted by molar-refractivity contribution is -0.138. The molecule has 0 aliphatic carbocycles. The first-order valence-corrected chi connectivity index (χ1v) is 10.3. The number of carbonyl (C=O) groups excluding carboxylic acids is 2. The summed E-state index contributed by atoms with van der Waals surface area (Å²) in [5.41, 5.74) is -2.81. The quantitative estimate of drug-likeness (QED) is 0.405. The van der Waals surface area contributed by atoms with Crippen LogP contribution < -0.4 is 10.0 Å². The van der Waals surface area contributed by atoms with Gasteiger partial charge in [-0.05, 0) is 50.2 Å². The molecule has 0 bridgehead atoms. The summed E-state index contributed by atoms with van der Waals surface area (Å²) in [5, 5.41) is 9.16. The second-order valence-corrected chi connectivity index (χ2v) is 7.01. The summed E-state index contributed by atoms with van der Waals surface area (Å²) in [6.07, 6.45) is -9.49. The van der Waals surface area contributed by atoms with Gasteiger partial charge in [-0.3, -0.25) is 0 Å². The third kappa shape index (κ3) is 5.75. The molecule has 1 aliphatic rings. The molecule has 0 radical (unpaired) electrons. The molecule has 3 rings (SSSR count). The van der Waals surface area contributed by atoms with E-state index in [2.05, 4.69) is 10.2 Å². The van der Waals surface area contributed by atoms with Crippen molar-refractivity contribution in [3.63, 3.8) is 0 Å². The van der Waals surface area contributed by atoms with Gasteiger partial charge >= 0.3 is 24.3 Å². The molecule has 0 spiro atoms. The van der Waals surface area contributed by atoms with Crippen LogP contribution in [0.1, 0.15) is 25.0 Å². The third-order valence-corrected chi connectivity index (χ3v) is 4.54. The number of nitrogens with zero attached hydrogens (tertiary/aromatic N) is 4. The second-order valence-electron chi connectivity index (χ2n) is 7.01. The summed E-state index contributed by atoms with van der Waals surface area (Å²) in [5.74, 6) is -3.72. The van der Waals surface area contributed by atoms with Gasteiger partial charge in [0, 0.05) is 0 Å². The minimum absolute atomic E-state index is 0.160. The molecule has 14 heteroatoms. The maximum atomic E-state index is 13.3. The van der Waals surface area contributed by atoms with Crippen molar-refractivity contribution >= 4 is 35.0 Å². The Balaban J connectivity index is 2.22. The first-order valence-electron chi connectivity index (χ1n) is 10.3. The molecule has 8 nitrogen and oxygen atoms in total. The van der Waals surface area contributed by atoms with Crippen LogP contribution in [0.4, 0.5) is 37.7 Å². The fourth-order valence-corrected chi connectivity index (χ4v) is 3.00. The Morgan fingerprint density at radius 3 is 1.39 bits per heavy atom. The number of anilines is 2. The second kappa shape index (κ2) is 10.3. The molecule has 2 aromatic carbocycles. The smallest absolute Gasteiger partial charge is 0.416 e. The van der Waals surface area contributed by atoms with E-state index in [1.54, 1.807) is 0 Å². The Morgan fingerprint density at radius 2 is 1.08 bits per heavy atom. The highest BCUT2D eigenvalue weighted by atomic mass is 19.4. The van der Waals surface area contributed by atoms with E-state index in [0.29, 0.717) is 22.2 Å². The standard InChI is InChI=1S/C22H18F6N4O4/c1-3-35-19(33)17-29-32(16-10-6-8-14(12-16)22(26,27)28)18(20(34)36-4-2)30-31(17)15-9-5-7-13(11-15)21(23,24)25/h5-12H,3-4H2,1-2H3. The van der Waals surface area contributed by atoms with Gasteiger partial charge in [-0.15, -0.1) is 10.2 Å². The van der Waals surface area contributed by atoms with E-state index in [9.17, 15) is 35.9 Å². The van der Waals surface area contributed by atoms with Gasteiger partial charge in [0.25, 0.3) is 11.7 Å². The van der Waals surface area contributed by atoms with Crippen LogP contribution in [-0.2, 0) is 31.4 Å². The number of hydrogen-bond donors (Lipinski definition) is 0. The van der Waals surface area contributed by atoms with E-state index in [1.807, 2.05) is 0 Å². The number of halogens is 6. The maximum Gasteiger partial charge on any atom is 0.416 e. The van der Waals surface area contributed by atoms with Crippen molar-refractivity contribution in [2.75, 3.05) is 23.2 Å². The fraction of sp³-hybridized carbons (Fsp3) is 0.273. The van der Waals surface area contributed by atoms with Gasteiger partial charge in [-0.25, -0.2) is 19.6 Å². The third-order valence-electron chi connectivity index (χ3n) is 4.54. The van der Waals surface area contributed by atoms with Crippen molar-refractivity contribution < 1.29 is 45.4 Å². The normalized spacial score (nSPS) is 14.2. The minimum Gasteiger partial charge on any atom is -0.460 e. The van der Waals surface area contributed by atoms with Crippen molar-refractivity contribution in [1.29, 1.82) is 0 Å². The first-order chi connectivity index (χ1) is 16.9. The van der Waals surface area contributed by atoms with Crippen LogP contribution in [0.25, 0.3) is 0 Å². The maximum absolute atomic E-state index is 13.3. The number of ether oxygens (including phenoxy) is 2. The minimum atomic E-state index is -4.75. The van der Waals surface area contributed by atoms with E-state index in [-0.39, 0.29) is 24.6 Å². The SMILES string of the molecule is CCOC(=O)C1=NN(c2cccc(C(F)(F)F)c2)C(C(=O)OCC)=NN1c1cccc(C(F)(F)F)c1. The Labute approximate surface area is 200 Å². The number of carbonyl (C=O) groups is 2. The number of rotatable bonds is 6. The van der Waals surface area contributed by atoms with Crippen LogP contribution in [0.2, 0.25) is 0 Å². The molecule has 0 amide bonds.